The van der Waals surface area contributed by atoms with Crippen LogP contribution in [0.25, 0.3) is 10.8 Å². The zero-order valence-corrected chi connectivity index (χ0v) is 24.3. The molecule has 1 aromatic heterocycles. The van der Waals surface area contributed by atoms with Crippen LogP contribution in [0.4, 0.5) is 16.2 Å². The standard InChI is InChI=1S/C32H31Cl2N5O2/c1-38(25-11-14-39(15-12-25)26-7-4-23-19-35-13-10-21(23)16-26)31(40)22-3-2-20-5-8-29(27(20)17-22)36-32(41)37-30-9-6-24(33)18-28(30)34/h2-4,6-7,9-10,13,16-19,25,29H,5,8,11-12,14-15H2,1H3,(H2,36,37,41). The number of hydrogen-bond acceptors (Lipinski definition) is 4. The van der Waals surface area contributed by atoms with E-state index in [-0.39, 0.29) is 24.0 Å². The van der Waals surface area contributed by atoms with Gasteiger partial charge in [0.25, 0.3) is 5.91 Å². The number of fused-ring (bicyclic) bond motifs is 2. The van der Waals surface area contributed by atoms with Gasteiger partial charge in [0, 0.05) is 60.2 Å². The Morgan fingerprint density at radius 2 is 1.78 bits per heavy atom. The van der Waals surface area contributed by atoms with Gasteiger partial charge in [-0.3, -0.25) is 9.78 Å². The van der Waals surface area contributed by atoms with Crippen molar-refractivity contribution in [3.63, 3.8) is 0 Å². The molecule has 0 radical (unpaired) electrons. The second kappa shape index (κ2) is 11.6. The lowest BCUT2D eigenvalue weighted by atomic mass is 10.00. The van der Waals surface area contributed by atoms with Crippen LogP contribution in [0, 0.1) is 0 Å². The number of rotatable bonds is 5. The van der Waals surface area contributed by atoms with E-state index in [0.717, 1.165) is 55.3 Å². The summed E-state index contributed by atoms with van der Waals surface area (Å²) in [5, 5.41) is 9.02. The number of urea groups is 1. The molecule has 210 valence electrons. The largest absolute Gasteiger partial charge is 0.371 e. The molecule has 1 saturated heterocycles. The zero-order chi connectivity index (χ0) is 28.5. The van der Waals surface area contributed by atoms with Gasteiger partial charge in [-0.2, -0.15) is 0 Å². The van der Waals surface area contributed by atoms with E-state index in [1.165, 1.54) is 11.1 Å². The molecule has 1 aliphatic carbocycles. The molecule has 6 rings (SSSR count). The van der Waals surface area contributed by atoms with Crippen LogP contribution >= 0.6 is 23.2 Å². The highest BCUT2D eigenvalue weighted by Crippen LogP contribution is 2.33. The van der Waals surface area contributed by atoms with Crippen LogP contribution in [-0.2, 0) is 6.42 Å². The maximum Gasteiger partial charge on any atom is 0.319 e. The molecule has 7 nitrogen and oxygen atoms in total. The summed E-state index contributed by atoms with van der Waals surface area (Å²) in [4.78, 5) is 34.8. The number of hydrogen-bond donors (Lipinski definition) is 2. The minimum atomic E-state index is -0.351. The normalized spacial score (nSPS) is 16.9. The van der Waals surface area contributed by atoms with E-state index in [1.54, 1.807) is 18.2 Å². The number of carbonyl (C=O) groups is 2. The van der Waals surface area contributed by atoms with Crippen LogP contribution in [0.15, 0.2) is 73.1 Å². The number of pyridine rings is 1. The summed E-state index contributed by atoms with van der Waals surface area (Å²) in [7, 11) is 1.90. The van der Waals surface area contributed by atoms with Crippen molar-refractivity contribution in [3.05, 3.63) is 99.8 Å². The number of amides is 3. The molecule has 9 heteroatoms. The van der Waals surface area contributed by atoms with Crippen LogP contribution in [0.1, 0.15) is 46.8 Å². The van der Waals surface area contributed by atoms with E-state index >= 15 is 0 Å². The molecule has 1 unspecified atom stereocenters. The van der Waals surface area contributed by atoms with Crippen molar-refractivity contribution >= 4 is 57.3 Å². The smallest absolute Gasteiger partial charge is 0.319 e. The van der Waals surface area contributed by atoms with Gasteiger partial charge in [0.2, 0.25) is 0 Å². The number of benzene rings is 3. The third-order valence-electron chi connectivity index (χ3n) is 8.28. The molecule has 3 aromatic carbocycles. The van der Waals surface area contributed by atoms with Gasteiger partial charge in [-0.05, 0) is 90.7 Å². The molecule has 4 aromatic rings. The molecule has 1 fully saturated rings. The van der Waals surface area contributed by atoms with Crippen LogP contribution < -0.4 is 15.5 Å². The lowest BCUT2D eigenvalue weighted by molar-refractivity contribution is 0.0709. The minimum Gasteiger partial charge on any atom is -0.371 e. The van der Waals surface area contributed by atoms with Gasteiger partial charge < -0.3 is 20.4 Å². The van der Waals surface area contributed by atoms with Crippen molar-refractivity contribution in [2.75, 3.05) is 30.4 Å². The van der Waals surface area contributed by atoms with Gasteiger partial charge in [-0.15, -0.1) is 0 Å². The van der Waals surface area contributed by atoms with Gasteiger partial charge in [0.15, 0.2) is 0 Å². The van der Waals surface area contributed by atoms with Gasteiger partial charge in [0.1, 0.15) is 0 Å². The Balaban J connectivity index is 1.08. The number of nitrogens with one attached hydrogen (secondary N) is 2. The lowest BCUT2D eigenvalue weighted by Crippen LogP contribution is -2.45. The Morgan fingerprint density at radius 3 is 2.59 bits per heavy atom. The maximum absolute atomic E-state index is 13.6. The molecule has 1 atom stereocenters. The predicted molar refractivity (Wildman–Crippen MR) is 165 cm³/mol. The Bertz CT molecular complexity index is 1620. The number of carbonyl (C=O) groups excluding carboxylic acids is 2. The first-order valence-electron chi connectivity index (χ1n) is 13.9. The van der Waals surface area contributed by atoms with E-state index in [9.17, 15) is 9.59 Å². The van der Waals surface area contributed by atoms with E-state index in [1.807, 2.05) is 48.6 Å². The van der Waals surface area contributed by atoms with Crippen molar-refractivity contribution in [2.24, 2.45) is 0 Å². The molecule has 2 N–H and O–H groups in total. The van der Waals surface area contributed by atoms with Crippen LogP contribution in [0.3, 0.4) is 0 Å². The zero-order valence-electron chi connectivity index (χ0n) is 22.7. The fraction of sp³-hybridized carbons (Fsp3) is 0.281. The summed E-state index contributed by atoms with van der Waals surface area (Å²) >= 11 is 12.2. The minimum absolute atomic E-state index is 0.00695. The van der Waals surface area contributed by atoms with Crippen molar-refractivity contribution in [2.45, 2.75) is 37.8 Å². The van der Waals surface area contributed by atoms with E-state index in [2.05, 4.69) is 38.7 Å². The van der Waals surface area contributed by atoms with Gasteiger partial charge in [0.05, 0.1) is 16.8 Å². The van der Waals surface area contributed by atoms with Gasteiger partial charge in [-0.25, -0.2) is 4.79 Å². The first kappa shape index (κ1) is 27.4. The van der Waals surface area contributed by atoms with Crippen molar-refractivity contribution in [1.82, 2.24) is 15.2 Å². The second-order valence-electron chi connectivity index (χ2n) is 10.8. The molecule has 0 bridgehead atoms. The summed E-state index contributed by atoms with van der Waals surface area (Å²) < 4.78 is 0. The highest BCUT2D eigenvalue weighted by Gasteiger charge is 2.29. The van der Waals surface area contributed by atoms with Crippen molar-refractivity contribution < 1.29 is 9.59 Å². The maximum atomic E-state index is 13.6. The monoisotopic (exact) mass is 587 g/mol. The number of halogens is 2. The number of piperidine rings is 1. The summed E-state index contributed by atoms with van der Waals surface area (Å²) in [5.74, 6) is 0.00695. The van der Waals surface area contributed by atoms with Crippen LogP contribution in [0.5, 0.6) is 0 Å². The Morgan fingerprint density at radius 1 is 0.951 bits per heavy atom. The molecular weight excluding hydrogens is 557 g/mol. The Kier molecular flexibility index (Phi) is 7.73. The Hall–Kier alpha value is -3.81. The average molecular weight is 589 g/mol. The first-order valence-corrected chi connectivity index (χ1v) is 14.6. The van der Waals surface area contributed by atoms with Gasteiger partial charge in [-0.1, -0.05) is 35.3 Å². The molecule has 0 saturated carbocycles. The fourth-order valence-electron chi connectivity index (χ4n) is 5.94. The molecule has 3 amide bonds. The SMILES string of the molecule is CN(C(=O)c1ccc2c(c1)C(NC(=O)Nc1ccc(Cl)cc1Cl)CC2)C1CCN(c2ccc3cnccc3c2)CC1. The average Bonchev–Trinajstić information content (AvgIpc) is 3.39. The van der Waals surface area contributed by atoms with Gasteiger partial charge >= 0.3 is 6.03 Å². The Labute approximate surface area is 249 Å². The second-order valence-corrected chi connectivity index (χ2v) is 11.6. The summed E-state index contributed by atoms with van der Waals surface area (Å²) in [6, 6.07) is 19.0. The number of aryl methyl sites for hydroxylation is 1. The lowest BCUT2D eigenvalue weighted by Gasteiger charge is -2.38. The van der Waals surface area contributed by atoms with Crippen molar-refractivity contribution in [3.8, 4) is 0 Å². The number of aromatic nitrogens is 1. The molecule has 41 heavy (non-hydrogen) atoms. The quantitative estimate of drug-likeness (QED) is 0.261. The van der Waals surface area contributed by atoms with Crippen LogP contribution in [0.2, 0.25) is 10.0 Å². The topological polar surface area (TPSA) is 77.6 Å². The highest BCUT2D eigenvalue weighted by molar-refractivity contribution is 6.36. The number of nitrogens with zero attached hydrogens (tertiary/aromatic N) is 3. The van der Waals surface area contributed by atoms with E-state index in [4.69, 9.17) is 23.2 Å². The third kappa shape index (κ3) is 5.83. The summed E-state index contributed by atoms with van der Waals surface area (Å²) in [6.45, 7) is 1.78. The van der Waals surface area contributed by atoms with E-state index < -0.39 is 0 Å². The summed E-state index contributed by atoms with van der Waals surface area (Å²) in [6.07, 6.45) is 7.13. The molecule has 2 aliphatic rings. The molecular formula is C32H31Cl2N5O2. The first-order chi connectivity index (χ1) is 19.9. The van der Waals surface area contributed by atoms with Crippen LogP contribution in [-0.4, -0.2) is 48.0 Å². The highest BCUT2D eigenvalue weighted by atomic mass is 35.5. The summed E-state index contributed by atoms with van der Waals surface area (Å²) in [5.41, 5.74) is 4.48. The number of anilines is 2. The van der Waals surface area contributed by atoms with E-state index in [0.29, 0.717) is 21.3 Å². The van der Waals surface area contributed by atoms with Crippen molar-refractivity contribution in [1.29, 1.82) is 0 Å². The predicted octanol–water partition coefficient (Wildman–Crippen LogP) is 7.09. The molecule has 2 heterocycles. The molecule has 0 spiro atoms. The third-order valence-corrected chi connectivity index (χ3v) is 8.82. The fourth-order valence-corrected chi connectivity index (χ4v) is 6.40. The molecule has 1 aliphatic heterocycles.